The van der Waals surface area contributed by atoms with Gasteiger partial charge in [0.2, 0.25) is 0 Å². The van der Waals surface area contributed by atoms with Gasteiger partial charge in [-0.1, -0.05) is 55.8 Å². The average Bonchev–Trinajstić information content (AvgIpc) is 2.92. The molecule has 32 heavy (non-hydrogen) atoms. The molecule has 6 heteroatoms. The molecule has 1 unspecified atom stereocenters. The van der Waals surface area contributed by atoms with Crippen LogP contribution in [0.25, 0.3) is 0 Å². The maximum Gasteiger partial charge on any atom is 0.410 e. The molecule has 1 aromatic carbocycles. The highest BCUT2D eigenvalue weighted by molar-refractivity contribution is 6.30. The lowest BCUT2D eigenvalue weighted by Crippen LogP contribution is -2.44. The number of amides is 1. The van der Waals surface area contributed by atoms with Crippen LogP contribution < -0.4 is 5.43 Å². The molecule has 0 aromatic heterocycles. The Morgan fingerprint density at radius 3 is 2.28 bits per heavy atom. The van der Waals surface area contributed by atoms with Crippen LogP contribution in [0, 0.1) is 0 Å². The van der Waals surface area contributed by atoms with Gasteiger partial charge in [-0.15, -0.1) is 0 Å². The van der Waals surface area contributed by atoms with Crippen LogP contribution in [0.15, 0.2) is 35.5 Å². The van der Waals surface area contributed by atoms with Crippen LogP contribution in [0.1, 0.15) is 90.2 Å². The lowest BCUT2D eigenvalue weighted by molar-refractivity contribution is 0.0249. The van der Waals surface area contributed by atoms with E-state index in [1.165, 1.54) is 61.8 Å². The third kappa shape index (κ3) is 5.60. The van der Waals surface area contributed by atoms with Crippen molar-refractivity contribution in [1.82, 2.24) is 15.3 Å². The Labute approximate surface area is 198 Å². The number of carbonyl (C=O) groups excluding carboxylic acids is 1. The van der Waals surface area contributed by atoms with E-state index in [1.54, 1.807) is 0 Å². The molecule has 4 rings (SSSR count). The summed E-state index contributed by atoms with van der Waals surface area (Å²) in [6.45, 7) is 7.15. The second-order valence-corrected chi connectivity index (χ2v) is 10.9. The van der Waals surface area contributed by atoms with E-state index in [0.717, 1.165) is 17.9 Å². The largest absolute Gasteiger partial charge is 0.444 e. The van der Waals surface area contributed by atoms with Gasteiger partial charge in [0.1, 0.15) is 5.60 Å². The van der Waals surface area contributed by atoms with Gasteiger partial charge in [-0.25, -0.2) is 9.80 Å². The highest BCUT2D eigenvalue weighted by Gasteiger charge is 2.39. The fourth-order valence-corrected chi connectivity index (χ4v) is 5.40. The van der Waals surface area contributed by atoms with Crippen molar-refractivity contribution in [3.63, 3.8) is 0 Å². The van der Waals surface area contributed by atoms with Crippen LogP contribution in [0.3, 0.4) is 0 Å². The topological polar surface area (TPSA) is 44.8 Å². The molecule has 176 valence electrons. The number of ether oxygens (including phenoxy) is 1. The first-order valence-corrected chi connectivity index (χ1v) is 12.7. The van der Waals surface area contributed by atoms with Gasteiger partial charge in [0, 0.05) is 36.3 Å². The molecule has 1 aliphatic carbocycles. The Balaban J connectivity index is 1.55. The number of benzene rings is 1. The van der Waals surface area contributed by atoms with Gasteiger partial charge in [-0.2, -0.15) is 0 Å². The molecule has 1 N–H and O–H groups in total. The molecule has 0 radical (unpaired) electrons. The van der Waals surface area contributed by atoms with E-state index in [4.69, 9.17) is 16.3 Å². The van der Waals surface area contributed by atoms with E-state index in [0.29, 0.717) is 19.1 Å². The summed E-state index contributed by atoms with van der Waals surface area (Å²) in [5.74, 6) is 0. The minimum atomic E-state index is -0.474. The van der Waals surface area contributed by atoms with Gasteiger partial charge in [0.15, 0.2) is 0 Å². The number of hydrogen-bond acceptors (Lipinski definition) is 4. The van der Waals surface area contributed by atoms with E-state index in [-0.39, 0.29) is 12.1 Å². The van der Waals surface area contributed by atoms with Crippen LogP contribution >= 0.6 is 11.6 Å². The van der Waals surface area contributed by atoms with Crippen molar-refractivity contribution >= 4 is 17.7 Å². The summed E-state index contributed by atoms with van der Waals surface area (Å²) < 4.78 is 5.64. The normalized spacial score (nSPS) is 23.8. The van der Waals surface area contributed by atoms with Crippen molar-refractivity contribution in [1.29, 1.82) is 0 Å². The smallest absolute Gasteiger partial charge is 0.410 e. The van der Waals surface area contributed by atoms with Gasteiger partial charge in [0.25, 0.3) is 0 Å². The van der Waals surface area contributed by atoms with Gasteiger partial charge >= 0.3 is 6.09 Å². The van der Waals surface area contributed by atoms with Crippen LogP contribution in [-0.2, 0) is 4.74 Å². The molecule has 1 atom stereocenters. The Hall–Kier alpha value is -1.72. The zero-order chi connectivity index (χ0) is 22.7. The minimum absolute atomic E-state index is 0.199. The molecular weight excluding hydrogens is 422 g/mol. The van der Waals surface area contributed by atoms with E-state index in [1.807, 2.05) is 37.8 Å². The zero-order valence-corrected chi connectivity index (χ0v) is 20.6. The quantitative estimate of drug-likeness (QED) is 0.541. The predicted octanol–water partition coefficient (Wildman–Crippen LogP) is 6.60. The van der Waals surface area contributed by atoms with Crippen molar-refractivity contribution in [2.24, 2.45) is 0 Å². The molecule has 1 fully saturated rings. The van der Waals surface area contributed by atoms with Crippen molar-refractivity contribution in [2.45, 2.75) is 96.2 Å². The zero-order valence-electron chi connectivity index (χ0n) is 19.8. The molecular formula is C26H38ClN3O2. The summed E-state index contributed by atoms with van der Waals surface area (Å²) in [5, 5.41) is 3.30. The second-order valence-electron chi connectivity index (χ2n) is 10.4. The standard InChI is InChI=1S/C26H38ClN3O2/c1-26(2,3)32-25(31)29-17-15-22-23(16-18-29)28-30(21-9-7-5-4-6-8-10-21)24(22)19-11-13-20(27)14-12-19/h11-14,21,24,28H,4-10,15-18H2,1-3H3. The first-order valence-electron chi connectivity index (χ1n) is 12.3. The van der Waals surface area contributed by atoms with Gasteiger partial charge in [-0.3, -0.25) is 0 Å². The van der Waals surface area contributed by atoms with E-state index >= 15 is 0 Å². The van der Waals surface area contributed by atoms with Gasteiger partial charge in [0.05, 0.1) is 6.04 Å². The number of hydrazine groups is 1. The van der Waals surface area contributed by atoms with E-state index in [2.05, 4.69) is 22.6 Å². The fraction of sp³-hybridized carbons (Fsp3) is 0.654. The lowest BCUT2D eigenvalue weighted by atomic mass is 9.91. The Bertz CT molecular complexity index is 822. The second kappa shape index (κ2) is 10.0. The van der Waals surface area contributed by atoms with Gasteiger partial charge in [-0.05, 0) is 63.3 Å². The predicted molar refractivity (Wildman–Crippen MR) is 129 cm³/mol. The maximum atomic E-state index is 12.7. The SMILES string of the molecule is CC(C)(C)OC(=O)N1CCC2=C(CC1)C(c1ccc(Cl)cc1)N(C1CCCCCCC1)N2. The monoisotopic (exact) mass is 459 g/mol. The number of hydrogen-bond donors (Lipinski definition) is 1. The Kier molecular flexibility index (Phi) is 7.36. The molecule has 1 aromatic rings. The summed E-state index contributed by atoms with van der Waals surface area (Å²) in [7, 11) is 0. The summed E-state index contributed by atoms with van der Waals surface area (Å²) in [6, 6.07) is 9.05. The van der Waals surface area contributed by atoms with Crippen molar-refractivity contribution in [3.8, 4) is 0 Å². The number of nitrogens with one attached hydrogen (secondary N) is 1. The molecule has 0 bridgehead atoms. The van der Waals surface area contributed by atoms with Crippen LogP contribution in [-0.4, -0.2) is 40.7 Å². The molecule has 3 aliphatic rings. The van der Waals surface area contributed by atoms with Gasteiger partial charge < -0.3 is 15.1 Å². The maximum absolute atomic E-state index is 12.7. The van der Waals surface area contributed by atoms with E-state index in [9.17, 15) is 4.79 Å². The summed E-state index contributed by atoms with van der Waals surface area (Å²) >= 11 is 6.21. The van der Waals surface area contributed by atoms with Crippen molar-refractivity contribution < 1.29 is 9.53 Å². The molecule has 2 aliphatic heterocycles. The van der Waals surface area contributed by atoms with Crippen LogP contribution in [0.5, 0.6) is 0 Å². The fourth-order valence-electron chi connectivity index (χ4n) is 5.27. The summed E-state index contributed by atoms with van der Waals surface area (Å²) in [5.41, 5.74) is 7.33. The minimum Gasteiger partial charge on any atom is -0.444 e. The molecule has 5 nitrogen and oxygen atoms in total. The molecule has 1 saturated carbocycles. The first kappa shape index (κ1) is 23.4. The van der Waals surface area contributed by atoms with Crippen molar-refractivity contribution in [2.75, 3.05) is 13.1 Å². The third-order valence-electron chi connectivity index (χ3n) is 6.85. The highest BCUT2D eigenvalue weighted by Crippen LogP contribution is 2.42. The summed E-state index contributed by atoms with van der Waals surface area (Å²) in [4.78, 5) is 14.6. The number of nitrogens with zero attached hydrogens (tertiary/aromatic N) is 2. The highest BCUT2D eigenvalue weighted by atomic mass is 35.5. The average molecular weight is 460 g/mol. The Morgan fingerprint density at radius 1 is 1.00 bits per heavy atom. The molecule has 1 amide bonds. The van der Waals surface area contributed by atoms with E-state index < -0.39 is 5.60 Å². The number of rotatable bonds is 2. The summed E-state index contributed by atoms with van der Waals surface area (Å²) in [6.07, 6.45) is 10.6. The molecule has 2 heterocycles. The number of halogens is 1. The van der Waals surface area contributed by atoms with Crippen LogP contribution in [0.4, 0.5) is 4.79 Å². The van der Waals surface area contributed by atoms with Crippen LogP contribution in [0.2, 0.25) is 5.02 Å². The lowest BCUT2D eigenvalue weighted by Gasteiger charge is -2.36. The Morgan fingerprint density at radius 2 is 1.62 bits per heavy atom. The molecule has 0 spiro atoms. The van der Waals surface area contributed by atoms with Crippen molar-refractivity contribution in [3.05, 3.63) is 46.1 Å². The first-order chi connectivity index (χ1) is 15.3. The number of carbonyl (C=O) groups is 1. The third-order valence-corrected chi connectivity index (χ3v) is 7.10. The molecule has 0 saturated heterocycles.